The number of alkyl halides is 3. The SMILES string of the molecule is CCN(CCNc1cccc2c1C(=O)N(C1CCC(=O)NC1=O)C2=O)C[C@@H](C)NC(=O)c1ccc(-c2noc(C(F)(F)F)n2)cc1. The number of fused-ring (bicyclic) bond motifs is 1. The third kappa shape index (κ3) is 6.75. The van der Waals surface area contributed by atoms with Crippen LogP contribution in [0.5, 0.6) is 0 Å². The predicted octanol–water partition coefficient (Wildman–Crippen LogP) is 2.71. The van der Waals surface area contributed by atoms with Crippen LogP contribution in [-0.2, 0) is 15.8 Å². The summed E-state index contributed by atoms with van der Waals surface area (Å²) in [7, 11) is 0. The van der Waals surface area contributed by atoms with E-state index in [2.05, 4.69) is 35.5 Å². The molecule has 1 fully saturated rings. The number of carbonyl (C=O) groups excluding carboxylic acids is 5. The summed E-state index contributed by atoms with van der Waals surface area (Å²) in [5, 5.41) is 11.6. The molecule has 16 heteroatoms. The molecule has 0 radical (unpaired) electrons. The van der Waals surface area contributed by atoms with Crippen molar-refractivity contribution in [2.45, 2.75) is 44.9 Å². The molecule has 1 unspecified atom stereocenters. The van der Waals surface area contributed by atoms with Gasteiger partial charge in [0.05, 0.1) is 11.1 Å². The standard InChI is InChI=1S/C30H30F3N7O6/c1-3-39(15-16(2)35-25(42)18-9-7-17(8-10-18)24-37-29(46-38-24)30(31,32)33)14-13-34-20-6-4-5-19-23(20)28(45)40(27(19)44)21-11-12-22(41)36-26(21)43/h4-10,16,21,34H,3,11-15H2,1-2H3,(H,35,42)(H,36,41,43)/t16-,21?/m1/s1. The summed E-state index contributed by atoms with van der Waals surface area (Å²) in [5.41, 5.74) is 1.35. The highest BCUT2D eigenvalue weighted by Crippen LogP contribution is 2.32. The van der Waals surface area contributed by atoms with Gasteiger partial charge in [-0.1, -0.05) is 30.3 Å². The van der Waals surface area contributed by atoms with Crippen LogP contribution in [0.1, 0.15) is 63.7 Å². The van der Waals surface area contributed by atoms with Gasteiger partial charge in [-0.15, -0.1) is 0 Å². The number of halogens is 3. The van der Waals surface area contributed by atoms with Crippen molar-refractivity contribution in [3.63, 3.8) is 0 Å². The van der Waals surface area contributed by atoms with Gasteiger partial charge in [0, 0.05) is 48.9 Å². The van der Waals surface area contributed by atoms with Gasteiger partial charge in [0.15, 0.2) is 0 Å². The van der Waals surface area contributed by atoms with E-state index in [0.717, 1.165) is 4.90 Å². The zero-order valence-electron chi connectivity index (χ0n) is 24.8. The van der Waals surface area contributed by atoms with Crippen LogP contribution < -0.4 is 16.0 Å². The average Bonchev–Trinajstić information content (AvgIpc) is 3.61. The van der Waals surface area contributed by atoms with Crippen LogP contribution in [0.4, 0.5) is 18.9 Å². The number of imide groups is 2. The lowest BCUT2D eigenvalue weighted by atomic mass is 10.0. The van der Waals surface area contributed by atoms with Gasteiger partial charge in [0.25, 0.3) is 17.7 Å². The monoisotopic (exact) mass is 641 g/mol. The molecule has 1 aromatic heterocycles. The Kier molecular flexibility index (Phi) is 9.18. The fourth-order valence-corrected chi connectivity index (χ4v) is 5.36. The zero-order valence-corrected chi connectivity index (χ0v) is 24.8. The van der Waals surface area contributed by atoms with E-state index in [1.54, 1.807) is 12.1 Å². The van der Waals surface area contributed by atoms with Gasteiger partial charge in [0.2, 0.25) is 17.6 Å². The number of nitrogens with zero attached hydrogens (tertiary/aromatic N) is 4. The van der Waals surface area contributed by atoms with Crippen LogP contribution in [0.15, 0.2) is 47.0 Å². The Hall–Kier alpha value is -5.12. The zero-order chi connectivity index (χ0) is 33.2. The summed E-state index contributed by atoms with van der Waals surface area (Å²) in [5.74, 6) is -4.39. The molecule has 2 atom stereocenters. The highest BCUT2D eigenvalue weighted by atomic mass is 19.4. The number of rotatable bonds is 11. The molecule has 0 spiro atoms. The van der Waals surface area contributed by atoms with E-state index in [0.29, 0.717) is 37.4 Å². The maximum Gasteiger partial charge on any atom is 0.471 e. The van der Waals surface area contributed by atoms with Gasteiger partial charge in [0.1, 0.15) is 6.04 Å². The Bertz CT molecular complexity index is 1670. The van der Waals surface area contributed by atoms with E-state index in [4.69, 9.17) is 0 Å². The van der Waals surface area contributed by atoms with Crippen LogP contribution in [0.2, 0.25) is 0 Å². The second-order valence-electron chi connectivity index (χ2n) is 10.9. The highest BCUT2D eigenvalue weighted by Gasteiger charge is 2.45. The molecule has 3 aromatic rings. The number of likely N-dealkylation sites (N-methyl/N-ethyl adjacent to an activating group) is 1. The lowest BCUT2D eigenvalue weighted by Gasteiger charge is -2.28. The first kappa shape index (κ1) is 32.3. The first-order valence-corrected chi connectivity index (χ1v) is 14.5. The van der Waals surface area contributed by atoms with Crippen molar-refractivity contribution >= 4 is 35.2 Å². The third-order valence-electron chi connectivity index (χ3n) is 7.64. The molecule has 1 saturated heterocycles. The summed E-state index contributed by atoms with van der Waals surface area (Å²) in [6.07, 6.45) is -4.66. The number of carbonyl (C=O) groups is 5. The van der Waals surface area contributed by atoms with Gasteiger partial charge in [-0.3, -0.25) is 39.1 Å². The average molecular weight is 642 g/mol. The van der Waals surface area contributed by atoms with Gasteiger partial charge in [-0.05, 0) is 44.2 Å². The Morgan fingerprint density at radius 1 is 1.13 bits per heavy atom. The molecule has 0 saturated carbocycles. The molecule has 242 valence electrons. The summed E-state index contributed by atoms with van der Waals surface area (Å²) in [6.45, 7) is 5.85. The van der Waals surface area contributed by atoms with Crippen LogP contribution in [0.3, 0.4) is 0 Å². The summed E-state index contributed by atoms with van der Waals surface area (Å²) < 4.78 is 42.5. The van der Waals surface area contributed by atoms with Crippen molar-refractivity contribution in [1.29, 1.82) is 0 Å². The number of hydrogen-bond donors (Lipinski definition) is 3. The largest absolute Gasteiger partial charge is 0.471 e. The van der Waals surface area contributed by atoms with Crippen LogP contribution >= 0.6 is 0 Å². The van der Waals surface area contributed by atoms with Crippen LogP contribution in [0, 0.1) is 0 Å². The maximum atomic E-state index is 13.3. The molecule has 0 aliphatic carbocycles. The number of aromatic nitrogens is 2. The molecular formula is C30H30F3N7O6. The van der Waals surface area contributed by atoms with E-state index in [1.165, 1.54) is 30.3 Å². The highest BCUT2D eigenvalue weighted by molar-refractivity contribution is 6.25. The summed E-state index contributed by atoms with van der Waals surface area (Å²) in [6, 6.07) is 9.27. The molecule has 2 aliphatic rings. The van der Waals surface area contributed by atoms with E-state index in [1.807, 2.05) is 13.8 Å². The Labute approximate surface area is 260 Å². The molecule has 3 heterocycles. The molecule has 0 bridgehead atoms. The van der Waals surface area contributed by atoms with Gasteiger partial charge in [-0.2, -0.15) is 18.2 Å². The van der Waals surface area contributed by atoms with Crippen molar-refractivity contribution in [2.24, 2.45) is 0 Å². The van der Waals surface area contributed by atoms with Crippen molar-refractivity contribution in [2.75, 3.05) is 31.5 Å². The van der Waals surface area contributed by atoms with E-state index < -0.39 is 41.7 Å². The van der Waals surface area contributed by atoms with Crippen molar-refractivity contribution in [3.8, 4) is 11.4 Å². The normalized spacial score (nSPS) is 17.3. The minimum absolute atomic E-state index is 0.0312. The topological polar surface area (TPSA) is 167 Å². The van der Waals surface area contributed by atoms with Crippen molar-refractivity contribution in [1.82, 2.24) is 30.6 Å². The summed E-state index contributed by atoms with van der Waals surface area (Å²) >= 11 is 0. The first-order chi connectivity index (χ1) is 21.9. The molecule has 3 N–H and O–H groups in total. The number of hydrogen-bond acceptors (Lipinski definition) is 10. The van der Waals surface area contributed by atoms with Crippen LogP contribution in [-0.4, -0.2) is 87.7 Å². The first-order valence-electron chi connectivity index (χ1n) is 14.5. The van der Waals surface area contributed by atoms with Gasteiger partial charge in [-0.25, -0.2) is 0 Å². The van der Waals surface area contributed by atoms with Gasteiger partial charge < -0.3 is 15.2 Å². The second-order valence-corrected chi connectivity index (χ2v) is 10.9. The minimum Gasteiger partial charge on any atom is -0.383 e. The van der Waals surface area contributed by atoms with E-state index in [-0.39, 0.29) is 47.3 Å². The maximum absolute atomic E-state index is 13.3. The van der Waals surface area contributed by atoms with Crippen molar-refractivity contribution in [3.05, 3.63) is 65.0 Å². The quantitative estimate of drug-likeness (QED) is 0.265. The smallest absolute Gasteiger partial charge is 0.383 e. The van der Waals surface area contributed by atoms with Crippen LogP contribution in [0.25, 0.3) is 11.4 Å². The van der Waals surface area contributed by atoms with Gasteiger partial charge >= 0.3 is 12.1 Å². The third-order valence-corrected chi connectivity index (χ3v) is 7.64. The lowest BCUT2D eigenvalue weighted by Crippen LogP contribution is -2.54. The Morgan fingerprint density at radius 3 is 2.52 bits per heavy atom. The van der Waals surface area contributed by atoms with E-state index >= 15 is 0 Å². The molecule has 2 aromatic carbocycles. The number of nitrogens with one attached hydrogen (secondary N) is 3. The predicted molar refractivity (Wildman–Crippen MR) is 155 cm³/mol. The molecule has 13 nitrogen and oxygen atoms in total. The number of benzene rings is 2. The molecule has 5 amide bonds. The fourth-order valence-electron chi connectivity index (χ4n) is 5.36. The molecule has 2 aliphatic heterocycles. The molecule has 5 rings (SSSR count). The van der Waals surface area contributed by atoms with E-state index in [9.17, 15) is 37.1 Å². The number of anilines is 1. The minimum atomic E-state index is -4.76. The summed E-state index contributed by atoms with van der Waals surface area (Å²) in [4.78, 5) is 69.4. The Morgan fingerprint density at radius 2 is 1.87 bits per heavy atom. The Balaban J connectivity index is 1.14. The van der Waals surface area contributed by atoms with Crippen molar-refractivity contribution < 1.29 is 41.7 Å². The number of piperidine rings is 1. The second kappa shape index (κ2) is 13.1. The fraction of sp³-hybridized carbons (Fsp3) is 0.367. The molecule has 46 heavy (non-hydrogen) atoms. The lowest BCUT2D eigenvalue weighted by molar-refractivity contribution is -0.159. The molecular weight excluding hydrogens is 611 g/mol. The number of amides is 5.